The van der Waals surface area contributed by atoms with Gasteiger partial charge in [0.25, 0.3) is 0 Å². The zero-order valence-electron chi connectivity index (χ0n) is 14.8. The first-order chi connectivity index (χ1) is 12.3. The molecule has 2 aromatic carbocycles. The minimum Gasteiger partial charge on any atom is -0.492 e. The Morgan fingerprint density at radius 2 is 1.88 bits per heavy atom. The minimum atomic E-state index is -3.64. The molecule has 0 aliphatic carbocycles. The van der Waals surface area contributed by atoms with E-state index in [1.54, 1.807) is 6.07 Å². The molecule has 0 unspecified atom stereocenters. The summed E-state index contributed by atoms with van der Waals surface area (Å²) in [5, 5.41) is 2.68. The van der Waals surface area contributed by atoms with Gasteiger partial charge in [0, 0.05) is 12.2 Å². The van der Waals surface area contributed by atoms with Gasteiger partial charge in [-0.25, -0.2) is 13.1 Å². The Hall–Kier alpha value is -2.38. The fourth-order valence-corrected chi connectivity index (χ4v) is 3.81. The van der Waals surface area contributed by atoms with E-state index in [-0.39, 0.29) is 30.4 Å². The van der Waals surface area contributed by atoms with Crippen LogP contribution in [0.4, 0.5) is 5.69 Å². The van der Waals surface area contributed by atoms with E-state index in [9.17, 15) is 13.2 Å². The van der Waals surface area contributed by atoms with Crippen LogP contribution in [-0.4, -0.2) is 27.5 Å². The number of hydrogen-bond donors (Lipinski definition) is 2. The van der Waals surface area contributed by atoms with E-state index in [4.69, 9.17) is 4.74 Å². The van der Waals surface area contributed by atoms with Crippen molar-refractivity contribution in [3.05, 3.63) is 53.6 Å². The number of fused-ring (bicyclic) bond motifs is 1. The highest BCUT2D eigenvalue weighted by Crippen LogP contribution is 2.25. The predicted molar refractivity (Wildman–Crippen MR) is 100.0 cm³/mol. The lowest BCUT2D eigenvalue weighted by Gasteiger charge is -2.10. The zero-order valence-corrected chi connectivity index (χ0v) is 15.6. The first kappa shape index (κ1) is 18.4. The molecule has 3 rings (SSSR count). The number of sulfonamides is 1. The fourth-order valence-electron chi connectivity index (χ4n) is 2.75. The van der Waals surface area contributed by atoms with Gasteiger partial charge in [-0.3, -0.25) is 4.79 Å². The summed E-state index contributed by atoms with van der Waals surface area (Å²) in [6, 6.07) is 12.4. The molecule has 7 heteroatoms. The highest BCUT2D eigenvalue weighted by molar-refractivity contribution is 7.89. The molecule has 0 fully saturated rings. The third-order valence-corrected chi connectivity index (χ3v) is 5.68. The molecule has 2 N–H and O–H groups in total. The Morgan fingerprint density at radius 1 is 1.15 bits per heavy atom. The summed E-state index contributed by atoms with van der Waals surface area (Å²) in [5.74, 6) is 1.03. The van der Waals surface area contributed by atoms with Crippen molar-refractivity contribution in [2.45, 2.75) is 31.1 Å². The lowest BCUT2D eigenvalue weighted by Crippen LogP contribution is -2.28. The van der Waals surface area contributed by atoms with Gasteiger partial charge in [-0.2, -0.15) is 0 Å². The van der Waals surface area contributed by atoms with Crippen LogP contribution in [0.15, 0.2) is 47.4 Å². The molecule has 2 aromatic rings. The maximum Gasteiger partial charge on any atom is 0.240 e. The first-order valence-electron chi connectivity index (χ1n) is 8.50. The summed E-state index contributed by atoms with van der Waals surface area (Å²) in [4.78, 5) is 11.5. The Kier molecular flexibility index (Phi) is 5.29. The highest BCUT2D eigenvalue weighted by atomic mass is 32.2. The van der Waals surface area contributed by atoms with E-state index < -0.39 is 10.0 Å². The zero-order chi connectivity index (χ0) is 18.7. The first-order valence-corrected chi connectivity index (χ1v) is 9.99. The number of carbonyl (C=O) groups excluding carboxylic acids is 1. The van der Waals surface area contributed by atoms with Crippen LogP contribution >= 0.6 is 0 Å². The van der Waals surface area contributed by atoms with Gasteiger partial charge >= 0.3 is 0 Å². The van der Waals surface area contributed by atoms with Gasteiger partial charge in [-0.05, 0) is 47.4 Å². The van der Waals surface area contributed by atoms with Crippen molar-refractivity contribution >= 4 is 21.6 Å². The van der Waals surface area contributed by atoms with Crippen molar-refractivity contribution in [1.29, 1.82) is 0 Å². The molecule has 1 aliphatic rings. The quantitative estimate of drug-likeness (QED) is 0.730. The van der Waals surface area contributed by atoms with E-state index in [0.717, 1.165) is 0 Å². The van der Waals surface area contributed by atoms with Gasteiger partial charge in [-0.15, -0.1) is 0 Å². The molecule has 0 atom stereocenters. The van der Waals surface area contributed by atoms with Crippen LogP contribution in [0.1, 0.15) is 30.9 Å². The summed E-state index contributed by atoms with van der Waals surface area (Å²) >= 11 is 0. The fraction of sp³-hybridized carbons (Fsp3) is 0.316. The van der Waals surface area contributed by atoms with Crippen LogP contribution < -0.4 is 14.8 Å². The molecule has 0 bridgehead atoms. The molecule has 0 aromatic heterocycles. The maximum atomic E-state index is 12.4. The lowest BCUT2D eigenvalue weighted by atomic mass is 10.0. The van der Waals surface area contributed by atoms with Gasteiger partial charge in [0.05, 0.1) is 11.3 Å². The van der Waals surface area contributed by atoms with Gasteiger partial charge in [0.2, 0.25) is 15.9 Å². The molecule has 6 nitrogen and oxygen atoms in total. The second-order valence-corrected chi connectivity index (χ2v) is 8.28. The third-order valence-electron chi connectivity index (χ3n) is 4.22. The molecule has 1 aliphatic heterocycles. The molecule has 0 saturated carbocycles. The lowest BCUT2D eigenvalue weighted by molar-refractivity contribution is -0.115. The van der Waals surface area contributed by atoms with Crippen LogP contribution in [0.25, 0.3) is 0 Å². The smallest absolute Gasteiger partial charge is 0.240 e. The Bertz CT molecular complexity index is 906. The second kappa shape index (κ2) is 7.47. The SMILES string of the molecule is CC(C)c1ccc(OCCNS(=O)(=O)c2ccc3c(c2)CC(=O)N3)cc1. The van der Waals surface area contributed by atoms with E-state index in [2.05, 4.69) is 23.9 Å². The number of amides is 1. The molecular formula is C19H22N2O4S. The van der Waals surface area contributed by atoms with E-state index in [1.807, 2.05) is 24.3 Å². The van der Waals surface area contributed by atoms with Gasteiger partial charge in [0.15, 0.2) is 0 Å². The predicted octanol–water partition coefficient (Wildman–Crippen LogP) is 2.66. The van der Waals surface area contributed by atoms with Crippen molar-refractivity contribution in [3.8, 4) is 5.75 Å². The van der Waals surface area contributed by atoms with Crippen LogP contribution in [0.3, 0.4) is 0 Å². The number of benzene rings is 2. The number of carbonyl (C=O) groups is 1. The molecule has 0 saturated heterocycles. The third kappa shape index (κ3) is 4.23. The van der Waals surface area contributed by atoms with Gasteiger partial charge < -0.3 is 10.1 Å². The molecule has 1 amide bonds. The molecular weight excluding hydrogens is 352 g/mol. The van der Waals surface area contributed by atoms with E-state index in [1.165, 1.54) is 17.7 Å². The minimum absolute atomic E-state index is 0.126. The van der Waals surface area contributed by atoms with Gasteiger partial charge in [-0.1, -0.05) is 26.0 Å². The van der Waals surface area contributed by atoms with Crippen LogP contribution in [-0.2, 0) is 21.2 Å². The van der Waals surface area contributed by atoms with Crippen LogP contribution in [0.2, 0.25) is 0 Å². The highest BCUT2D eigenvalue weighted by Gasteiger charge is 2.21. The summed E-state index contributed by atoms with van der Waals surface area (Å²) in [7, 11) is -3.64. The monoisotopic (exact) mass is 374 g/mol. The standard InChI is InChI=1S/C19H22N2O4S/c1-13(2)14-3-5-16(6-4-14)25-10-9-20-26(23,24)17-7-8-18-15(11-17)12-19(22)21-18/h3-8,11,13,20H,9-10,12H2,1-2H3,(H,21,22). The van der Waals surface area contributed by atoms with Crippen LogP contribution in [0, 0.1) is 0 Å². The normalized spacial score (nSPS) is 13.6. The molecule has 0 radical (unpaired) electrons. The topological polar surface area (TPSA) is 84.5 Å². The van der Waals surface area contributed by atoms with Crippen molar-refractivity contribution < 1.29 is 17.9 Å². The number of anilines is 1. The van der Waals surface area contributed by atoms with Crippen molar-refractivity contribution in [1.82, 2.24) is 4.72 Å². The number of rotatable bonds is 7. The maximum absolute atomic E-state index is 12.4. The number of ether oxygens (including phenoxy) is 1. The summed E-state index contributed by atoms with van der Waals surface area (Å²) < 4.78 is 32.8. The number of hydrogen-bond acceptors (Lipinski definition) is 4. The number of nitrogens with one attached hydrogen (secondary N) is 2. The molecule has 26 heavy (non-hydrogen) atoms. The average molecular weight is 374 g/mol. The largest absolute Gasteiger partial charge is 0.492 e. The summed E-state index contributed by atoms with van der Waals surface area (Å²) in [5.41, 5.74) is 2.59. The van der Waals surface area contributed by atoms with Crippen LogP contribution in [0.5, 0.6) is 5.75 Å². The van der Waals surface area contributed by atoms with E-state index in [0.29, 0.717) is 22.9 Å². The molecule has 1 heterocycles. The molecule has 138 valence electrons. The van der Waals surface area contributed by atoms with Crippen molar-refractivity contribution in [2.24, 2.45) is 0 Å². The van der Waals surface area contributed by atoms with E-state index >= 15 is 0 Å². The van der Waals surface area contributed by atoms with Crippen molar-refractivity contribution in [2.75, 3.05) is 18.5 Å². The second-order valence-electron chi connectivity index (χ2n) is 6.51. The Labute approximate surface area is 153 Å². The Balaban J connectivity index is 1.54. The molecule has 0 spiro atoms. The summed E-state index contributed by atoms with van der Waals surface area (Å²) in [6.45, 7) is 4.62. The Morgan fingerprint density at radius 3 is 2.58 bits per heavy atom. The van der Waals surface area contributed by atoms with Gasteiger partial charge in [0.1, 0.15) is 12.4 Å². The van der Waals surface area contributed by atoms with Crippen molar-refractivity contribution in [3.63, 3.8) is 0 Å². The average Bonchev–Trinajstić information content (AvgIpc) is 2.98. The summed E-state index contributed by atoms with van der Waals surface area (Å²) in [6.07, 6.45) is 0.203.